The van der Waals surface area contributed by atoms with Gasteiger partial charge in [-0.3, -0.25) is 23.9 Å². The normalized spacial score (nSPS) is 15.8. The zero-order valence-corrected chi connectivity index (χ0v) is 16.8. The van der Waals surface area contributed by atoms with Crippen molar-refractivity contribution < 1.29 is 24.5 Å². The number of aliphatic hydroxyl groups excluding tert-OH is 2. The number of thiazole rings is 1. The van der Waals surface area contributed by atoms with Gasteiger partial charge in [-0.1, -0.05) is 31.6 Å². The number of anilines is 1. The first-order valence-corrected chi connectivity index (χ1v) is 9.73. The van der Waals surface area contributed by atoms with E-state index in [4.69, 9.17) is 20.9 Å². The Labute approximate surface area is 169 Å². The third kappa shape index (κ3) is 5.39. The van der Waals surface area contributed by atoms with Crippen LogP contribution in [0.25, 0.3) is 10.3 Å². The molecule has 0 fully saturated rings. The number of ether oxygens (including phenoxy) is 2. The molecule has 0 bridgehead atoms. The number of nitrogens with two attached hydrogens (primary N) is 2. The molecular weight excluding hydrogens is 406 g/mol. The second-order valence-corrected chi connectivity index (χ2v) is 7.49. The monoisotopic (exact) mass is 431 g/mol. The first-order chi connectivity index (χ1) is 13.7. The Kier molecular flexibility index (Phi) is 7.87. The lowest BCUT2D eigenvalue weighted by molar-refractivity contribution is -0.158. The fourth-order valence-electron chi connectivity index (χ4n) is 2.39. The molecule has 13 heteroatoms. The second-order valence-electron chi connectivity index (χ2n) is 6.53. The van der Waals surface area contributed by atoms with Crippen LogP contribution in [0.2, 0.25) is 0 Å². The van der Waals surface area contributed by atoms with Crippen LogP contribution in [0.1, 0.15) is 20.3 Å². The highest BCUT2D eigenvalue weighted by Crippen LogP contribution is 2.13. The predicted molar refractivity (Wildman–Crippen MR) is 105 cm³/mol. The van der Waals surface area contributed by atoms with Gasteiger partial charge in [0.1, 0.15) is 36.3 Å². The standard InChI is InChI=1S/C16H25N5O7S/c1-3-7(2)10(17)14(25)27-5-9(8(23)4-22)28-6-21-12-11(29-16(21)26)13(24)20-15(18)19-12/h7-10,22-23H,3-6,17H2,1-2H3,(H3,18,19,20,24)/t7?,8-,9+,10-/m0/s1. The molecule has 0 amide bonds. The van der Waals surface area contributed by atoms with Crippen LogP contribution in [-0.2, 0) is 21.0 Å². The molecule has 4 atom stereocenters. The van der Waals surface area contributed by atoms with Crippen LogP contribution in [0.4, 0.5) is 5.95 Å². The lowest BCUT2D eigenvalue weighted by Crippen LogP contribution is -2.42. The fraction of sp³-hybridized carbons (Fsp3) is 0.625. The van der Waals surface area contributed by atoms with Crippen LogP contribution in [0.5, 0.6) is 0 Å². The van der Waals surface area contributed by atoms with Crippen LogP contribution in [0, 0.1) is 5.92 Å². The molecule has 2 rings (SSSR count). The number of carbonyl (C=O) groups excluding carboxylic acids is 1. The van der Waals surface area contributed by atoms with E-state index in [1.807, 2.05) is 6.92 Å². The molecular formula is C16H25N5O7S. The highest BCUT2D eigenvalue weighted by atomic mass is 32.1. The summed E-state index contributed by atoms with van der Waals surface area (Å²) in [5, 5.41) is 19.2. The van der Waals surface area contributed by atoms with E-state index in [1.54, 1.807) is 6.92 Å². The van der Waals surface area contributed by atoms with E-state index in [2.05, 4.69) is 9.97 Å². The minimum absolute atomic E-state index is 0.0225. The Morgan fingerprint density at radius 1 is 1.41 bits per heavy atom. The fourth-order valence-corrected chi connectivity index (χ4v) is 3.20. The highest BCUT2D eigenvalue weighted by molar-refractivity contribution is 7.16. The minimum Gasteiger partial charge on any atom is -0.462 e. The van der Waals surface area contributed by atoms with Gasteiger partial charge in [-0.25, -0.2) is 0 Å². The maximum absolute atomic E-state index is 12.2. The molecule has 2 heterocycles. The van der Waals surface area contributed by atoms with Crippen molar-refractivity contribution in [1.82, 2.24) is 14.5 Å². The summed E-state index contributed by atoms with van der Waals surface area (Å²) in [7, 11) is 0. The van der Waals surface area contributed by atoms with Crippen molar-refractivity contribution in [3.63, 3.8) is 0 Å². The average molecular weight is 431 g/mol. The van der Waals surface area contributed by atoms with Crippen molar-refractivity contribution in [1.29, 1.82) is 0 Å². The van der Waals surface area contributed by atoms with Gasteiger partial charge in [-0.2, -0.15) is 4.98 Å². The number of aromatic amines is 1. The van der Waals surface area contributed by atoms with Crippen molar-refractivity contribution in [2.45, 2.75) is 45.2 Å². The summed E-state index contributed by atoms with van der Waals surface area (Å²) in [5.41, 5.74) is 10.8. The smallest absolute Gasteiger partial charge is 0.323 e. The van der Waals surface area contributed by atoms with Crippen LogP contribution < -0.4 is 21.9 Å². The van der Waals surface area contributed by atoms with E-state index in [-0.39, 0.29) is 22.2 Å². The van der Waals surface area contributed by atoms with Gasteiger partial charge in [0.25, 0.3) is 5.56 Å². The molecule has 0 aliphatic heterocycles. The number of rotatable bonds is 10. The summed E-state index contributed by atoms with van der Waals surface area (Å²) < 4.78 is 11.7. The number of esters is 1. The quantitative estimate of drug-likeness (QED) is 0.272. The summed E-state index contributed by atoms with van der Waals surface area (Å²) in [6, 6.07) is -0.839. The number of nitrogens with zero attached hydrogens (tertiary/aromatic N) is 2. The van der Waals surface area contributed by atoms with E-state index >= 15 is 0 Å². The third-order valence-electron chi connectivity index (χ3n) is 4.50. The molecule has 1 unspecified atom stereocenters. The molecule has 2 aromatic rings. The summed E-state index contributed by atoms with van der Waals surface area (Å²) in [5.74, 6) is -0.943. The molecule has 0 aliphatic rings. The van der Waals surface area contributed by atoms with Crippen molar-refractivity contribution in [2.24, 2.45) is 11.7 Å². The molecule has 0 saturated carbocycles. The lowest BCUT2D eigenvalue weighted by atomic mass is 10.0. The Bertz CT molecular complexity index is 955. The topological polar surface area (TPSA) is 196 Å². The number of hydrogen-bond acceptors (Lipinski definition) is 11. The number of aromatic nitrogens is 3. The summed E-state index contributed by atoms with van der Waals surface area (Å²) in [4.78, 5) is 41.8. The van der Waals surface area contributed by atoms with E-state index in [1.165, 1.54) is 0 Å². The Morgan fingerprint density at radius 3 is 2.72 bits per heavy atom. The average Bonchev–Trinajstić information content (AvgIpc) is 3.01. The molecule has 162 valence electrons. The Balaban J connectivity index is 2.13. The lowest BCUT2D eigenvalue weighted by Gasteiger charge is -2.23. The van der Waals surface area contributed by atoms with Gasteiger partial charge in [0.15, 0.2) is 5.65 Å². The molecule has 0 aromatic carbocycles. The SMILES string of the molecule is CCC(C)[C@H](N)C(=O)OC[C@@H](OCn1c(=O)sc2c(=O)[nH]c(N)nc21)[C@@H](O)CO. The Morgan fingerprint density at radius 2 is 2.10 bits per heavy atom. The molecule has 2 aromatic heterocycles. The first-order valence-electron chi connectivity index (χ1n) is 8.91. The van der Waals surface area contributed by atoms with Crippen LogP contribution in [0.3, 0.4) is 0 Å². The molecule has 7 N–H and O–H groups in total. The second kappa shape index (κ2) is 9.93. The van der Waals surface area contributed by atoms with Gasteiger partial charge in [0.05, 0.1) is 6.61 Å². The number of hydrogen-bond donors (Lipinski definition) is 5. The van der Waals surface area contributed by atoms with Crippen LogP contribution >= 0.6 is 11.3 Å². The first kappa shape index (κ1) is 23.0. The third-order valence-corrected chi connectivity index (χ3v) is 5.46. The molecule has 29 heavy (non-hydrogen) atoms. The van der Waals surface area contributed by atoms with E-state index in [9.17, 15) is 24.6 Å². The van der Waals surface area contributed by atoms with Gasteiger partial charge in [-0.15, -0.1) is 0 Å². The van der Waals surface area contributed by atoms with Gasteiger partial charge in [0.2, 0.25) is 5.95 Å². The number of nitrogen functional groups attached to an aromatic ring is 1. The van der Waals surface area contributed by atoms with Crippen LogP contribution in [0.15, 0.2) is 9.59 Å². The summed E-state index contributed by atoms with van der Waals surface area (Å²) in [6.45, 7) is 2.22. The number of fused-ring (bicyclic) bond motifs is 1. The summed E-state index contributed by atoms with van der Waals surface area (Å²) >= 11 is 0.660. The van der Waals surface area contributed by atoms with Crippen LogP contribution in [-0.4, -0.2) is 62.2 Å². The number of aliphatic hydroxyl groups is 2. The van der Waals surface area contributed by atoms with Crippen molar-refractivity contribution in [3.05, 3.63) is 20.0 Å². The summed E-state index contributed by atoms with van der Waals surface area (Å²) in [6.07, 6.45) is -1.85. The van der Waals surface area contributed by atoms with Crippen molar-refractivity contribution in [2.75, 3.05) is 18.9 Å². The van der Waals surface area contributed by atoms with Crippen molar-refractivity contribution in [3.8, 4) is 0 Å². The maximum Gasteiger partial charge on any atom is 0.323 e. The van der Waals surface area contributed by atoms with Gasteiger partial charge in [-0.05, 0) is 5.92 Å². The minimum atomic E-state index is -1.38. The zero-order valence-electron chi connectivity index (χ0n) is 16.0. The predicted octanol–water partition coefficient (Wildman–Crippen LogP) is -1.66. The molecule has 0 saturated heterocycles. The highest BCUT2D eigenvalue weighted by Gasteiger charge is 2.26. The van der Waals surface area contributed by atoms with Crippen molar-refractivity contribution >= 4 is 33.6 Å². The number of H-pyrrole nitrogens is 1. The molecule has 12 nitrogen and oxygen atoms in total. The maximum atomic E-state index is 12.2. The zero-order chi connectivity index (χ0) is 21.7. The Hall–Kier alpha value is -2.32. The molecule has 0 radical (unpaired) electrons. The number of nitrogens with one attached hydrogen (secondary N) is 1. The van der Waals surface area contributed by atoms with E-state index < -0.39 is 54.6 Å². The van der Waals surface area contributed by atoms with E-state index in [0.29, 0.717) is 17.8 Å². The van der Waals surface area contributed by atoms with E-state index in [0.717, 1.165) is 4.57 Å². The van der Waals surface area contributed by atoms with Gasteiger partial charge >= 0.3 is 10.8 Å². The van der Waals surface area contributed by atoms with Gasteiger partial charge < -0.3 is 31.2 Å². The number of carbonyl (C=O) groups is 1. The molecule has 0 aliphatic carbocycles. The van der Waals surface area contributed by atoms with Gasteiger partial charge in [0, 0.05) is 0 Å². The molecule has 0 spiro atoms. The largest absolute Gasteiger partial charge is 0.462 e.